The molecule has 0 N–H and O–H groups in total. The minimum absolute atomic E-state index is 0.604. The van der Waals surface area contributed by atoms with Gasteiger partial charge in [-0.2, -0.15) is 5.26 Å². The van der Waals surface area contributed by atoms with Gasteiger partial charge in [-0.1, -0.05) is 35.3 Å². The largest absolute Gasteiger partial charge is 0.192 e. The number of rotatable bonds is 1. The van der Waals surface area contributed by atoms with E-state index in [0.717, 1.165) is 11.1 Å². The molecule has 2 aromatic carbocycles. The van der Waals surface area contributed by atoms with Gasteiger partial charge < -0.3 is 0 Å². The maximum atomic E-state index is 8.70. The highest BCUT2D eigenvalue weighted by Crippen LogP contribution is 2.27. The van der Waals surface area contributed by atoms with Gasteiger partial charge in [0.15, 0.2) is 0 Å². The highest BCUT2D eigenvalue weighted by atomic mass is 35.5. The Bertz CT molecular complexity index is 533. The van der Waals surface area contributed by atoms with Gasteiger partial charge in [0.2, 0.25) is 0 Å². The molecule has 3 heteroatoms. The lowest BCUT2D eigenvalue weighted by Crippen LogP contribution is -1.79. The van der Waals surface area contributed by atoms with Crippen LogP contribution in [-0.4, -0.2) is 0 Å². The van der Waals surface area contributed by atoms with Crippen LogP contribution in [0.4, 0.5) is 0 Å². The van der Waals surface area contributed by atoms with Gasteiger partial charge in [-0.15, -0.1) is 0 Å². The number of nitriles is 1. The minimum atomic E-state index is 0.604. The highest BCUT2D eigenvalue weighted by molar-refractivity contribution is 6.35. The Morgan fingerprint density at radius 2 is 1.38 bits per heavy atom. The van der Waals surface area contributed by atoms with Crippen LogP contribution in [0, 0.1) is 11.3 Å². The van der Waals surface area contributed by atoms with Gasteiger partial charge in [-0.3, -0.25) is 0 Å². The average Bonchev–Trinajstić information content (AvgIpc) is 2.28. The van der Waals surface area contributed by atoms with Crippen molar-refractivity contribution in [3.05, 3.63) is 58.1 Å². The van der Waals surface area contributed by atoms with E-state index < -0.39 is 0 Å². The van der Waals surface area contributed by atoms with E-state index in [0.29, 0.717) is 15.6 Å². The normalized spacial score (nSPS) is 9.81. The fourth-order valence-corrected chi connectivity index (χ4v) is 1.98. The first-order chi connectivity index (χ1) is 7.69. The molecule has 0 radical (unpaired) electrons. The lowest BCUT2D eigenvalue weighted by Gasteiger charge is -2.03. The van der Waals surface area contributed by atoms with E-state index >= 15 is 0 Å². The van der Waals surface area contributed by atoms with E-state index in [9.17, 15) is 0 Å². The van der Waals surface area contributed by atoms with E-state index in [1.807, 2.05) is 24.3 Å². The molecule has 0 aromatic heterocycles. The summed E-state index contributed by atoms with van der Waals surface area (Å²) in [5, 5.41) is 9.90. The first kappa shape index (κ1) is 11.0. The molecule has 0 saturated carbocycles. The van der Waals surface area contributed by atoms with Gasteiger partial charge in [0.05, 0.1) is 11.6 Å². The average molecular weight is 248 g/mol. The van der Waals surface area contributed by atoms with Crippen LogP contribution in [0.3, 0.4) is 0 Å². The topological polar surface area (TPSA) is 23.8 Å². The third-order valence-electron chi connectivity index (χ3n) is 2.21. The van der Waals surface area contributed by atoms with Crippen LogP contribution in [0.25, 0.3) is 11.1 Å². The third kappa shape index (κ3) is 2.36. The molecule has 16 heavy (non-hydrogen) atoms. The lowest BCUT2D eigenvalue weighted by molar-refractivity contribution is 1.48. The Balaban J connectivity index is 2.47. The molecule has 0 aliphatic rings. The Hall–Kier alpha value is -1.49. The molecule has 0 aliphatic carbocycles. The predicted molar refractivity (Wildman–Crippen MR) is 66.6 cm³/mol. The third-order valence-corrected chi connectivity index (χ3v) is 2.65. The molecule has 0 heterocycles. The molecule has 2 aromatic rings. The minimum Gasteiger partial charge on any atom is -0.192 e. The van der Waals surface area contributed by atoms with Crippen molar-refractivity contribution in [1.82, 2.24) is 0 Å². The summed E-state index contributed by atoms with van der Waals surface area (Å²) in [6.45, 7) is 0. The van der Waals surface area contributed by atoms with E-state index in [2.05, 4.69) is 6.07 Å². The summed E-state index contributed by atoms with van der Waals surface area (Å²) >= 11 is 11.8. The lowest BCUT2D eigenvalue weighted by atomic mass is 10.0. The number of nitrogens with zero attached hydrogens (tertiary/aromatic N) is 1. The van der Waals surface area contributed by atoms with E-state index in [1.54, 1.807) is 18.2 Å². The smallest absolute Gasteiger partial charge is 0.0991 e. The predicted octanol–water partition coefficient (Wildman–Crippen LogP) is 4.53. The van der Waals surface area contributed by atoms with Gasteiger partial charge in [-0.25, -0.2) is 0 Å². The summed E-state index contributed by atoms with van der Waals surface area (Å²) in [6.07, 6.45) is 0. The van der Waals surface area contributed by atoms with Crippen molar-refractivity contribution in [2.24, 2.45) is 0 Å². The standard InChI is InChI=1S/C13H7Cl2N/c14-12-5-11(6-13(15)7-12)10-3-1-9(8-16)2-4-10/h1-7H. The van der Waals surface area contributed by atoms with Crippen molar-refractivity contribution in [2.75, 3.05) is 0 Å². The molecule has 0 atom stereocenters. The molecular weight excluding hydrogens is 241 g/mol. The van der Waals surface area contributed by atoms with E-state index in [-0.39, 0.29) is 0 Å². The quantitative estimate of drug-likeness (QED) is 0.727. The Morgan fingerprint density at radius 1 is 0.812 bits per heavy atom. The van der Waals surface area contributed by atoms with Crippen LogP contribution in [0.1, 0.15) is 5.56 Å². The molecule has 0 unspecified atom stereocenters. The second kappa shape index (κ2) is 4.57. The monoisotopic (exact) mass is 247 g/mol. The van der Waals surface area contributed by atoms with Gasteiger partial charge >= 0.3 is 0 Å². The highest BCUT2D eigenvalue weighted by Gasteiger charge is 2.01. The summed E-state index contributed by atoms with van der Waals surface area (Å²) in [5.41, 5.74) is 2.57. The van der Waals surface area contributed by atoms with Gasteiger partial charge in [-0.05, 0) is 41.5 Å². The van der Waals surface area contributed by atoms with E-state index in [4.69, 9.17) is 28.5 Å². The van der Waals surface area contributed by atoms with Crippen molar-refractivity contribution in [1.29, 1.82) is 5.26 Å². The number of hydrogen-bond acceptors (Lipinski definition) is 1. The van der Waals surface area contributed by atoms with Gasteiger partial charge in [0.25, 0.3) is 0 Å². The maximum absolute atomic E-state index is 8.70. The van der Waals surface area contributed by atoms with E-state index in [1.165, 1.54) is 0 Å². The van der Waals surface area contributed by atoms with Crippen molar-refractivity contribution < 1.29 is 0 Å². The van der Waals surface area contributed by atoms with Crippen LogP contribution in [0.15, 0.2) is 42.5 Å². The second-order valence-electron chi connectivity index (χ2n) is 3.35. The van der Waals surface area contributed by atoms with Crippen LogP contribution in [0.5, 0.6) is 0 Å². The van der Waals surface area contributed by atoms with Gasteiger partial charge in [0.1, 0.15) is 0 Å². The fraction of sp³-hybridized carbons (Fsp3) is 0. The zero-order valence-corrected chi connectivity index (χ0v) is 9.76. The molecule has 0 fully saturated rings. The Labute approximate surface area is 104 Å². The molecule has 0 spiro atoms. The molecule has 0 bridgehead atoms. The molecule has 0 amide bonds. The van der Waals surface area contributed by atoms with Gasteiger partial charge in [0, 0.05) is 10.0 Å². The van der Waals surface area contributed by atoms with Crippen molar-refractivity contribution in [2.45, 2.75) is 0 Å². The zero-order chi connectivity index (χ0) is 11.5. The molecule has 2 rings (SSSR count). The van der Waals surface area contributed by atoms with Crippen molar-refractivity contribution >= 4 is 23.2 Å². The molecule has 78 valence electrons. The number of hydrogen-bond donors (Lipinski definition) is 0. The summed E-state index contributed by atoms with van der Waals surface area (Å²) in [7, 11) is 0. The summed E-state index contributed by atoms with van der Waals surface area (Å²) in [5.74, 6) is 0. The first-order valence-corrected chi connectivity index (χ1v) is 5.41. The first-order valence-electron chi connectivity index (χ1n) is 4.65. The second-order valence-corrected chi connectivity index (χ2v) is 4.22. The number of benzene rings is 2. The van der Waals surface area contributed by atoms with Crippen LogP contribution in [0.2, 0.25) is 10.0 Å². The maximum Gasteiger partial charge on any atom is 0.0991 e. The van der Waals surface area contributed by atoms with Crippen LogP contribution >= 0.6 is 23.2 Å². The molecular formula is C13H7Cl2N. The molecule has 1 nitrogen and oxygen atoms in total. The molecule has 0 aliphatic heterocycles. The van der Waals surface area contributed by atoms with Crippen molar-refractivity contribution in [3.63, 3.8) is 0 Å². The van der Waals surface area contributed by atoms with Crippen LogP contribution < -0.4 is 0 Å². The summed E-state index contributed by atoms with van der Waals surface area (Å²) < 4.78 is 0. The summed E-state index contributed by atoms with van der Waals surface area (Å²) in [4.78, 5) is 0. The zero-order valence-electron chi connectivity index (χ0n) is 8.24. The Kier molecular flexibility index (Phi) is 3.14. The van der Waals surface area contributed by atoms with Crippen molar-refractivity contribution in [3.8, 4) is 17.2 Å². The Morgan fingerprint density at radius 3 is 1.88 bits per heavy atom. The number of halogens is 2. The van der Waals surface area contributed by atoms with Crippen LogP contribution in [-0.2, 0) is 0 Å². The molecule has 0 saturated heterocycles. The fourth-order valence-electron chi connectivity index (χ4n) is 1.46. The SMILES string of the molecule is N#Cc1ccc(-c2cc(Cl)cc(Cl)c2)cc1. The summed E-state index contributed by atoms with van der Waals surface area (Å²) in [6, 6.07) is 14.7.